The molecule has 1 aliphatic rings. The first-order chi connectivity index (χ1) is 11.9. The van der Waals surface area contributed by atoms with E-state index >= 15 is 0 Å². The number of halogens is 2. The lowest BCUT2D eigenvalue weighted by Crippen LogP contribution is -2.45. The Bertz CT molecular complexity index is 595. The number of rotatable bonds is 7. The van der Waals surface area contributed by atoms with Crippen LogP contribution in [-0.2, 0) is 0 Å². The molecule has 0 unspecified atom stereocenters. The van der Waals surface area contributed by atoms with Crippen LogP contribution in [0.2, 0.25) is 0 Å². The van der Waals surface area contributed by atoms with E-state index in [0.717, 1.165) is 26.2 Å². The van der Waals surface area contributed by atoms with Crippen molar-refractivity contribution in [2.24, 2.45) is 0 Å². The van der Waals surface area contributed by atoms with Gasteiger partial charge in [0.1, 0.15) is 0 Å². The van der Waals surface area contributed by atoms with E-state index in [4.69, 9.17) is 0 Å². The summed E-state index contributed by atoms with van der Waals surface area (Å²) in [6, 6.07) is 20.5. The monoisotopic (exact) mass is 394 g/mol. The highest BCUT2D eigenvalue weighted by Crippen LogP contribution is 2.29. The maximum absolute atomic E-state index is 3.48. The zero-order valence-corrected chi connectivity index (χ0v) is 17.3. The van der Waals surface area contributed by atoms with Gasteiger partial charge in [-0.2, -0.15) is 0 Å². The molecule has 1 atom stereocenters. The van der Waals surface area contributed by atoms with Crippen molar-refractivity contribution >= 4 is 24.8 Å². The fourth-order valence-electron chi connectivity index (χ4n) is 3.67. The summed E-state index contributed by atoms with van der Waals surface area (Å²) in [5, 5.41) is 3.48. The number of nitrogens with one attached hydrogen (secondary N) is 1. The predicted molar refractivity (Wildman–Crippen MR) is 118 cm³/mol. The molecule has 1 fully saturated rings. The maximum Gasteiger partial charge on any atom is 0.0349 e. The third-order valence-electron chi connectivity index (χ3n) is 5.08. The van der Waals surface area contributed by atoms with Crippen molar-refractivity contribution in [2.75, 3.05) is 26.2 Å². The molecule has 1 saturated heterocycles. The Kier molecular flexibility index (Phi) is 10.9. The van der Waals surface area contributed by atoms with Gasteiger partial charge in [-0.15, -0.1) is 24.8 Å². The van der Waals surface area contributed by atoms with Crippen LogP contribution in [0.25, 0.3) is 11.1 Å². The van der Waals surface area contributed by atoms with Crippen LogP contribution in [-0.4, -0.2) is 31.1 Å². The molecule has 0 amide bonds. The van der Waals surface area contributed by atoms with Gasteiger partial charge >= 0.3 is 0 Å². The van der Waals surface area contributed by atoms with Crippen LogP contribution in [0.5, 0.6) is 0 Å². The van der Waals surface area contributed by atoms with Gasteiger partial charge in [-0.25, -0.2) is 0 Å². The van der Waals surface area contributed by atoms with Gasteiger partial charge in [-0.1, -0.05) is 80.8 Å². The Hall–Kier alpha value is -1.06. The molecule has 0 bridgehead atoms. The molecule has 0 spiro atoms. The lowest BCUT2D eigenvalue weighted by molar-refractivity contribution is 0.163. The van der Waals surface area contributed by atoms with E-state index in [1.807, 2.05) is 0 Å². The minimum Gasteiger partial charge on any atom is -0.314 e. The van der Waals surface area contributed by atoms with Crippen molar-refractivity contribution in [3.05, 3.63) is 60.2 Å². The first kappa shape index (κ1) is 23.0. The fraction of sp³-hybridized carbons (Fsp3) is 0.455. The molecule has 144 valence electrons. The first-order valence-corrected chi connectivity index (χ1v) is 9.48. The molecular weight excluding hydrogens is 363 g/mol. The summed E-state index contributed by atoms with van der Waals surface area (Å²) in [7, 11) is 0. The zero-order chi connectivity index (χ0) is 16.6. The van der Waals surface area contributed by atoms with Crippen LogP contribution in [0.4, 0.5) is 0 Å². The van der Waals surface area contributed by atoms with Crippen LogP contribution < -0.4 is 5.32 Å². The number of hydrogen-bond acceptors (Lipinski definition) is 2. The Balaban J connectivity index is 0.00000169. The average molecular weight is 395 g/mol. The number of nitrogens with zero attached hydrogens (tertiary/aromatic N) is 1. The average Bonchev–Trinajstić information content (AvgIpc) is 2.67. The van der Waals surface area contributed by atoms with E-state index < -0.39 is 0 Å². The molecular formula is C22H32Cl2N2. The van der Waals surface area contributed by atoms with Crippen molar-refractivity contribution in [1.29, 1.82) is 0 Å². The van der Waals surface area contributed by atoms with Crippen LogP contribution in [0.1, 0.15) is 44.2 Å². The Morgan fingerprint density at radius 1 is 0.846 bits per heavy atom. The molecule has 0 aliphatic carbocycles. The van der Waals surface area contributed by atoms with Gasteiger partial charge in [-0.05, 0) is 23.1 Å². The second-order valence-electron chi connectivity index (χ2n) is 6.79. The van der Waals surface area contributed by atoms with Gasteiger partial charge in [0.2, 0.25) is 0 Å². The first-order valence-electron chi connectivity index (χ1n) is 9.48. The number of piperazine rings is 1. The fourth-order valence-corrected chi connectivity index (χ4v) is 3.67. The highest BCUT2D eigenvalue weighted by Gasteiger charge is 2.21. The standard InChI is InChI=1S/C22H30N2.2ClH/c1-2-3-5-10-22(24-17-15-23-16-18-24)21-13-11-20(12-14-21)19-8-6-4-7-9-19;;/h4,6-9,11-14,22-23H,2-3,5,10,15-18H2,1H3;2*1H/t22-;;/m0../s1. The summed E-state index contributed by atoms with van der Waals surface area (Å²) < 4.78 is 0. The van der Waals surface area contributed by atoms with Crippen LogP contribution in [0, 0.1) is 0 Å². The molecule has 2 aromatic rings. The Labute approximate surface area is 171 Å². The van der Waals surface area contributed by atoms with Crippen molar-refractivity contribution < 1.29 is 0 Å². The van der Waals surface area contributed by atoms with E-state index in [0.29, 0.717) is 6.04 Å². The van der Waals surface area contributed by atoms with Gasteiger partial charge < -0.3 is 5.32 Å². The summed E-state index contributed by atoms with van der Waals surface area (Å²) in [6.07, 6.45) is 5.23. The number of benzene rings is 2. The molecule has 3 rings (SSSR count). The van der Waals surface area contributed by atoms with Gasteiger partial charge in [0.15, 0.2) is 0 Å². The molecule has 4 heteroatoms. The summed E-state index contributed by atoms with van der Waals surface area (Å²) >= 11 is 0. The highest BCUT2D eigenvalue weighted by molar-refractivity contribution is 5.85. The minimum atomic E-state index is 0. The second kappa shape index (κ2) is 12.3. The van der Waals surface area contributed by atoms with Crippen LogP contribution >= 0.6 is 24.8 Å². The van der Waals surface area contributed by atoms with Crippen molar-refractivity contribution in [1.82, 2.24) is 10.2 Å². The summed E-state index contributed by atoms with van der Waals surface area (Å²) in [6.45, 7) is 6.85. The molecule has 0 saturated carbocycles. The molecule has 2 nitrogen and oxygen atoms in total. The number of hydrogen-bond donors (Lipinski definition) is 1. The maximum atomic E-state index is 3.48. The van der Waals surface area contributed by atoms with Crippen molar-refractivity contribution in [3.8, 4) is 11.1 Å². The van der Waals surface area contributed by atoms with E-state index in [1.54, 1.807) is 0 Å². The van der Waals surface area contributed by atoms with Crippen LogP contribution in [0.3, 0.4) is 0 Å². The molecule has 0 radical (unpaired) electrons. The number of unbranched alkanes of at least 4 members (excludes halogenated alkanes) is 2. The predicted octanol–water partition coefficient (Wildman–Crippen LogP) is 5.72. The SMILES string of the molecule is CCCCC[C@@H](c1ccc(-c2ccccc2)cc1)N1CCNCC1.Cl.Cl. The van der Waals surface area contributed by atoms with E-state index in [1.165, 1.54) is 42.4 Å². The molecule has 0 aromatic heterocycles. The summed E-state index contributed by atoms with van der Waals surface area (Å²) in [4.78, 5) is 2.67. The summed E-state index contributed by atoms with van der Waals surface area (Å²) in [5.41, 5.74) is 4.09. The largest absolute Gasteiger partial charge is 0.314 e. The molecule has 1 heterocycles. The zero-order valence-electron chi connectivity index (χ0n) is 15.7. The topological polar surface area (TPSA) is 15.3 Å². The van der Waals surface area contributed by atoms with E-state index in [9.17, 15) is 0 Å². The normalized spacial score (nSPS) is 15.6. The van der Waals surface area contributed by atoms with Crippen molar-refractivity contribution in [3.63, 3.8) is 0 Å². The Morgan fingerprint density at radius 3 is 2.08 bits per heavy atom. The molecule has 26 heavy (non-hydrogen) atoms. The van der Waals surface area contributed by atoms with Gasteiger partial charge in [0.25, 0.3) is 0 Å². The third-order valence-corrected chi connectivity index (χ3v) is 5.08. The Morgan fingerprint density at radius 2 is 1.46 bits per heavy atom. The third kappa shape index (κ3) is 6.28. The van der Waals surface area contributed by atoms with Gasteiger partial charge in [0.05, 0.1) is 0 Å². The van der Waals surface area contributed by atoms with E-state index in [2.05, 4.69) is 71.7 Å². The van der Waals surface area contributed by atoms with Crippen molar-refractivity contribution in [2.45, 2.75) is 38.6 Å². The second-order valence-corrected chi connectivity index (χ2v) is 6.79. The lowest BCUT2D eigenvalue weighted by atomic mass is 9.96. The van der Waals surface area contributed by atoms with Gasteiger partial charge in [0, 0.05) is 32.2 Å². The highest BCUT2D eigenvalue weighted by atomic mass is 35.5. The minimum absolute atomic E-state index is 0. The molecule has 1 aliphatic heterocycles. The van der Waals surface area contributed by atoms with Gasteiger partial charge in [-0.3, -0.25) is 4.90 Å². The lowest BCUT2D eigenvalue weighted by Gasteiger charge is -2.35. The quantitative estimate of drug-likeness (QED) is 0.603. The van der Waals surface area contributed by atoms with E-state index in [-0.39, 0.29) is 24.8 Å². The molecule has 1 N–H and O–H groups in total. The smallest absolute Gasteiger partial charge is 0.0349 e. The van der Waals surface area contributed by atoms with Crippen LogP contribution in [0.15, 0.2) is 54.6 Å². The summed E-state index contributed by atoms with van der Waals surface area (Å²) in [5.74, 6) is 0. The molecule has 2 aromatic carbocycles.